The van der Waals surface area contributed by atoms with Gasteiger partial charge in [-0.15, -0.1) is 10.2 Å². The Balaban J connectivity index is 1.80. The van der Waals surface area contributed by atoms with Gasteiger partial charge in [-0.2, -0.15) is 4.31 Å². The van der Waals surface area contributed by atoms with Crippen LogP contribution >= 0.6 is 0 Å². The minimum atomic E-state index is -4.09. The second-order valence-corrected chi connectivity index (χ2v) is 8.50. The lowest BCUT2D eigenvalue weighted by Gasteiger charge is -2.19. The van der Waals surface area contributed by atoms with Gasteiger partial charge in [0.15, 0.2) is 6.10 Å². The van der Waals surface area contributed by atoms with E-state index in [1.165, 1.54) is 6.92 Å². The maximum absolute atomic E-state index is 14.3. The molecule has 3 rings (SSSR count). The predicted molar refractivity (Wildman–Crippen MR) is 110 cm³/mol. The number of sulfonamides is 1. The van der Waals surface area contributed by atoms with Crippen LogP contribution in [0.2, 0.25) is 0 Å². The first-order chi connectivity index (χ1) is 14.8. The van der Waals surface area contributed by atoms with Gasteiger partial charge in [-0.25, -0.2) is 17.6 Å². The maximum Gasteiger partial charge on any atom is 0.338 e. The van der Waals surface area contributed by atoms with Gasteiger partial charge in [0.05, 0.1) is 5.56 Å². The summed E-state index contributed by atoms with van der Waals surface area (Å²) in [7, 11) is -4.09. The Morgan fingerprint density at radius 1 is 1.13 bits per heavy atom. The highest BCUT2D eigenvalue weighted by atomic mass is 32.2. The van der Waals surface area contributed by atoms with E-state index in [2.05, 4.69) is 10.2 Å². The number of halogens is 1. The Morgan fingerprint density at radius 3 is 2.45 bits per heavy atom. The first-order valence-corrected chi connectivity index (χ1v) is 11.1. The molecule has 0 N–H and O–H groups in total. The van der Waals surface area contributed by atoms with Crippen molar-refractivity contribution in [1.29, 1.82) is 0 Å². The molecule has 0 bridgehead atoms. The third-order valence-electron chi connectivity index (χ3n) is 4.58. The fourth-order valence-corrected chi connectivity index (χ4v) is 4.45. The molecule has 0 aliphatic rings. The fourth-order valence-electron chi connectivity index (χ4n) is 2.91. The molecule has 0 saturated heterocycles. The highest BCUT2D eigenvalue weighted by molar-refractivity contribution is 7.89. The summed E-state index contributed by atoms with van der Waals surface area (Å²) in [6.07, 6.45) is -0.898. The van der Waals surface area contributed by atoms with Gasteiger partial charge in [0, 0.05) is 18.7 Å². The van der Waals surface area contributed by atoms with Crippen LogP contribution < -0.4 is 0 Å². The van der Waals surface area contributed by atoms with Crippen LogP contribution in [0.5, 0.6) is 0 Å². The second-order valence-electron chi connectivity index (χ2n) is 6.59. The van der Waals surface area contributed by atoms with Crippen molar-refractivity contribution in [2.45, 2.75) is 31.8 Å². The van der Waals surface area contributed by atoms with E-state index >= 15 is 0 Å². The topological polar surface area (TPSA) is 103 Å². The van der Waals surface area contributed by atoms with E-state index in [1.807, 2.05) is 18.2 Å². The van der Waals surface area contributed by atoms with Crippen molar-refractivity contribution in [3.63, 3.8) is 0 Å². The van der Waals surface area contributed by atoms with E-state index in [-0.39, 0.29) is 30.4 Å². The first kappa shape index (κ1) is 22.6. The Hall–Kier alpha value is -3.11. The van der Waals surface area contributed by atoms with Gasteiger partial charge in [0.2, 0.25) is 15.9 Å². The minimum absolute atomic E-state index is 0.0744. The molecule has 0 saturated carbocycles. The predicted octanol–water partition coefficient (Wildman–Crippen LogP) is 3.82. The zero-order chi connectivity index (χ0) is 22.6. The lowest BCUT2D eigenvalue weighted by Crippen LogP contribution is -2.31. The molecule has 31 heavy (non-hydrogen) atoms. The minimum Gasteiger partial charge on any atom is -0.449 e. The van der Waals surface area contributed by atoms with Gasteiger partial charge in [0.25, 0.3) is 5.89 Å². The Morgan fingerprint density at radius 2 is 1.81 bits per heavy atom. The van der Waals surface area contributed by atoms with Crippen LogP contribution in [0.4, 0.5) is 4.39 Å². The van der Waals surface area contributed by atoms with Crippen LogP contribution in [-0.4, -0.2) is 42.0 Å². The van der Waals surface area contributed by atoms with Crippen LogP contribution in [0.25, 0.3) is 11.5 Å². The zero-order valence-corrected chi connectivity index (χ0v) is 18.1. The molecule has 1 aromatic heterocycles. The van der Waals surface area contributed by atoms with Crippen LogP contribution in [0.3, 0.4) is 0 Å². The van der Waals surface area contributed by atoms with Crippen molar-refractivity contribution in [2.24, 2.45) is 0 Å². The van der Waals surface area contributed by atoms with E-state index in [0.29, 0.717) is 5.56 Å². The van der Waals surface area contributed by atoms with E-state index in [1.54, 1.807) is 26.0 Å². The number of hydrogen-bond acceptors (Lipinski definition) is 7. The molecule has 3 aromatic rings. The quantitative estimate of drug-likeness (QED) is 0.484. The van der Waals surface area contributed by atoms with E-state index in [4.69, 9.17) is 9.15 Å². The highest BCUT2D eigenvalue weighted by Gasteiger charge is 2.27. The molecule has 1 atom stereocenters. The van der Waals surface area contributed by atoms with Gasteiger partial charge < -0.3 is 9.15 Å². The van der Waals surface area contributed by atoms with Crippen LogP contribution in [-0.2, 0) is 14.8 Å². The Labute approximate surface area is 179 Å². The van der Waals surface area contributed by atoms with Crippen molar-refractivity contribution in [3.8, 4) is 11.5 Å². The third-order valence-corrected chi connectivity index (χ3v) is 6.65. The summed E-state index contributed by atoms with van der Waals surface area (Å²) in [4.78, 5) is 12.0. The van der Waals surface area contributed by atoms with Gasteiger partial charge >= 0.3 is 5.97 Å². The molecule has 0 fully saturated rings. The second kappa shape index (κ2) is 9.36. The zero-order valence-electron chi connectivity index (χ0n) is 17.3. The molecule has 0 spiro atoms. The van der Waals surface area contributed by atoms with Crippen molar-refractivity contribution >= 4 is 16.0 Å². The van der Waals surface area contributed by atoms with Crippen molar-refractivity contribution in [3.05, 3.63) is 65.8 Å². The Bertz CT molecular complexity index is 1160. The molecule has 8 nitrogen and oxygen atoms in total. The smallest absolute Gasteiger partial charge is 0.338 e. The molecule has 0 amide bonds. The number of rotatable bonds is 8. The number of aromatic nitrogens is 2. The Kier molecular flexibility index (Phi) is 6.81. The number of ether oxygens (including phenoxy) is 1. The SMILES string of the molecule is CCN(CC)S(=O)(=O)c1cc(C(=O)O[C@@H](C)c2nnc(-c3ccccc3)o2)ccc1F. The average Bonchev–Trinajstić information content (AvgIpc) is 3.25. The first-order valence-electron chi connectivity index (χ1n) is 9.67. The molecule has 0 unspecified atom stereocenters. The summed E-state index contributed by atoms with van der Waals surface area (Å²) in [5.74, 6) is -1.44. The van der Waals surface area contributed by atoms with E-state index < -0.39 is 32.8 Å². The molecule has 0 aliphatic heterocycles. The number of benzene rings is 2. The highest BCUT2D eigenvalue weighted by Crippen LogP contribution is 2.25. The fraction of sp³-hybridized carbons (Fsp3) is 0.286. The van der Waals surface area contributed by atoms with Gasteiger partial charge in [-0.05, 0) is 37.3 Å². The van der Waals surface area contributed by atoms with Gasteiger partial charge in [-0.3, -0.25) is 0 Å². The molecule has 0 radical (unpaired) electrons. The molecule has 164 valence electrons. The number of carbonyl (C=O) groups is 1. The number of nitrogens with zero attached hydrogens (tertiary/aromatic N) is 3. The summed E-state index contributed by atoms with van der Waals surface area (Å²) >= 11 is 0. The number of esters is 1. The lowest BCUT2D eigenvalue weighted by molar-refractivity contribution is 0.0279. The van der Waals surface area contributed by atoms with E-state index in [9.17, 15) is 17.6 Å². The van der Waals surface area contributed by atoms with Crippen molar-refractivity contribution < 1.29 is 26.8 Å². The molecule has 0 aliphatic carbocycles. The maximum atomic E-state index is 14.3. The third kappa shape index (κ3) is 4.80. The number of hydrogen-bond donors (Lipinski definition) is 0. The number of carbonyl (C=O) groups excluding carboxylic acids is 1. The van der Waals surface area contributed by atoms with Crippen LogP contribution in [0.15, 0.2) is 57.8 Å². The molecular formula is C21H22FN3O5S. The molecular weight excluding hydrogens is 425 g/mol. The molecule has 1 heterocycles. The average molecular weight is 447 g/mol. The molecule has 2 aromatic carbocycles. The monoisotopic (exact) mass is 447 g/mol. The molecule has 10 heteroatoms. The summed E-state index contributed by atoms with van der Waals surface area (Å²) in [5, 5.41) is 7.84. The standard InChI is InChI=1S/C21H22FN3O5S/c1-4-25(5-2)31(27,28)18-13-16(11-12-17(18)22)21(26)29-14(3)19-23-24-20(30-19)15-9-7-6-8-10-15/h6-14H,4-5H2,1-3H3/t14-/m0/s1. The van der Waals surface area contributed by atoms with Crippen LogP contribution in [0.1, 0.15) is 43.1 Å². The van der Waals surface area contributed by atoms with Crippen molar-refractivity contribution in [2.75, 3.05) is 13.1 Å². The van der Waals surface area contributed by atoms with Gasteiger partial charge in [0.1, 0.15) is 10.7 Å². The summed E-state index contributed by atoms with van der Waals surface area (Å²) in [6, 6.07) is 12.1. The van der Waals surface area contributed by atoms with E-state index in [0.717, 1.165) is 22.5 Å². The largest absolute Gasteiger partial charge is 0.449 e. The summed E-state index contributed by atoms with van der Waals surface area (Å²) in [5.41, 5.74) is 0.603. The van der Waals surface area contributed by atoms with Gasteiger partial charge in [-0.1, -0.05) is 32.0 Å². The van der Waals surface area contributed by atoms with Crippen molar-refractivity contribution in [1.82, 2.24) is 14.5 Å². The lowest BCUT2D eigenvalue weighted by atomic mass is 10.2. The summed E-state index contributed by atoms with van der Waals surface area (Å²) in [6.45, 7) is 5.17. The summed E-state index contributed by atoms with van der Waals surface area (Å²) < 4.78 is 51.6. The van der Waals surface area contributed by atoms with Crippen LogP contribution in [0, 0.1) is 5.82 Å². The normalized spacial score (nSPS) is 12.7.